The molecule has 70 valence electrons. The monoisotopic (exact) mass is 176 g/mol. The van der Waals surface area contributed by atoms with Gasteiger partial charge in [-0.15, -0.1) is 0 Å². The molecular formula is C12H16O. The van der Waals surface area contributed by atoms with Crippen molar-refractivity contribution in [2.24, 2.45) is 0 Å². The number of aryl methyl sites for hydroxylation is 2. The Morgan fingerprint density at radius 1 is 1.31 bits per heavy atom. The SMILES string of the molecule is Cc1ccc(C)c(C=CCCO)c1. The number of hydrogen-bond acceptors (Lipinski definition) is 1. The van der Waals surface area contributed by atoms with Crippen molar-refractivity contribution in [1.29, 1.82) is 0 Å². The Bertz CT molecular complexity index is 300. The van der Waals surface area contributed by atoms with Gasteiger partial charge in [0.15, 0.2) is 0 Å². The first-order valence-electron chi connectivity index (χ1n) is 4.58. The molecule has 0 unspecified atom stereocenters. The predicted molar refractivity (Wildman–Crippen MR) is 56.7 cm³/mol. The first kappa shape index (κ1) is 10.0. The Morgan fingerprint density at radius 3 is 2.77 bits per heavy atom. The van der Waals surface area contributed by atoms with Crippen molar-refractivity contribution >= 4 is 6.08 Å². The standard InChI is InChI=1S/C12H16O/c1-10-6-7-11(2)12(9-10)5-3-4-8-13/h3,5-7,9,13H,4,8H2,1-2H3. The first-order valence-corrected chi connectivity index (χ1v) is 4.58. The van der Waals surface area contributed by atoms with Crippen LogP contribution in [0, 0.1) is 13.8 Å². The fraction of sp³-hybridized carbons (Fsp3) is 0.333. The fourth-order valence-electron chi connectivity index (χ4n) is 1.22. The normalized spacial score (nSPS) is 11.0. The van der Waals surface area contributed by atoms with Crippen molar-refractivity contribution in [2.75, 3.05) is 6.61 Å². The zero-order chi connectivity index (χ0) is 9.68. The highest BCUT2D eigenvalue weighted by atomic mass is 16.2. The fourth-order valence-corrected chi connectivity index (χ4v) is 1.22. The minimum atomic E-state index is 0.224. The van der Waals surface area contributed by atoms with Gasteiger partial charge in [0.1, 0.15) is 0 Å². The van der Waals surface area contributed by atoms with Crippen molar-refractivity contribution < 1.29 is 5.11 Å². The van der Waals surface area contributed by atoms with Crippen LogP contribution in [0.1, 0.15) is 23.1 Å². The molecule has 1 rings (SSSR count). The van der Waals surface area contributed by atoms with Gasteiger partial charge in [0.25, 0.3) is 0 Å². The summed E-state index contributed by atoms with van der Waals surface area (Å²) >= 11 is 0. The number of aliphatic hydroxyl groups is 1. The van der Waals surface area contributed by atoms with Gasteiger partial charge in [-0.25, -0.2) is 0 Å². The molecule has 0 radical (unpaired) electrons. The minimum Gasteiger partial charge on any atom is -0.396 e. The average molecular weight is 176 g/mol. The molecule has 0 saturated carbocycles. The van der Waals surface area contributed by atoms with Gasteiger partial charge >= 0.3 is 0 Å². The van der Waals surface area contributed by atoms with Crippen molar-refractivity contribution in [2.45, 2.75) is 20.3 Å². The van der Waals surface area contributed by atoms with Gasteiger partial charge in [-0.3, -0.25) is 0 Å². The topological polar surface area (TPSA) is 20.2 Å². The number of aliphatic hydroxyl groups excluding tert-OH is 1. The highest BCUT2D eigenvalue weighted by molar-refractivity contribution is 5.54. The summed E-state index contributed by atoms with van der Waals surface area (Å²) in [6, 6.07) is 6.38. The summed E-state index contributed by atoms with van der Waals surface area (Å²) in [6.45, 7) is 4.41. The molecule has 0 amide bonds. The van der Waals surface area contributed by atoms with Gasteiger partial charge in [0.05, 0.1) is 0 Å². The summed E-state index contributed by atoms with van der Waals surface area (Å²) in [7, 11) is 0. The van der Waals surface area contributed by atoms with Gasteiger partial charge in [-0.2, -0.15) is 0 Å². The summed E-state index contributed by atoms with van der Waals surface area (Å²) in [6.07, 6.45) is 4.80. The maximum absolute atomic E-state index is 8.62. The number of rotatable bonds is 3. The van der Waals surface area contributed by atoms with Crippen LogP contribution in [-0.4, -0.2) is 11.7 Å². The van der Waals surface area contributed by atoms with Crippen LogP contribution in [0.5, 0.6) is 0 Å². The second-order valence-electron chi connectivity index (χ2n) is 3.27. The van der Waals surface area contributed by atoms with Crippen LogP contribution in [0.3, 0.4) is 0 Å². The van der Waals surface area contributed by atoms with Crippen molar-refractivity contribution in [3.05, 3.63) is 41.0 Å². The second kappa shape index (κ2) is 4.83. The molecule has 0 fully saturated rings. The molecule has 0 aliphatic carbocycles. The highest BCUT2D eigenvalue weighted by Gasteiger charge is 1.93. The molecule has 0 bridgehead atoms. The lowest BCUT2D eigenvalue weighted by molar-refractivity contribution is 0.303. The molecule has 0 aromatic heterocycles. The van der Waals surface area contributed by atoms with E-state index in [1.165, 1.54) is 16.7 Å². The van der Waals surface area contributed by atoms with Gasteiger partial charge in [0, 0.05) is 6.61 Å². The van der Waals surface area contributed by atoms with Gasteiger partial charge in [0.2, 0.25) is 0 Å². The molecule has 0 atom stereocenters. The molecular weight excluding hydrogens is 160 g/mol. The number of hydrogen-bond donors (Lipinski definition) is 1. The molecule has 1 nitrogen and oxygen atoms in total. The molecule has 0 aliphatic rings. The molecule has 0 spiro atoms. The third-order valence-electron chi connectivity index (χ3n) is 2.03. The first-order chi connectivity index (χ1) is 6.24. The summed E-state index contributed by atoms with van der Waals surface area (Å²) < 4.78 is 0. The maximum atomic E-state index is 8.62. The minimum absolute atomic E-state index is 0.224. The van der Waals surface area contributed by atoms with E-state index in [1.54, 1.807) is 0 Å². The summed E-state index contributed by atoms with van der Waals surface area (Å²) in [5, 5.41) is 8.62. The third-order valence-corrected chi connectivity index (χ3v) is 2.03. The Morgan fingerprint density at radius 2 is 2.08 bits per heavy atom. The Labute approximate surface area is 79.7 Å². The van der Waals surface area contributed by atoms with Crippen LogP contribution in [0.25, 0.3) is 6.08 Å². The molecule has 1 heteroatoms. The van der Waals surface area contributed by atoms with E-state index >= 15 is 0 Å². The van der Waals surface area contributed by atoms with E-state index in [2.05, 4.69) is 38.1 Å². The summed E-state index contributed by atoms with van der Waals surface area (Å²) in [4.78, 5) is 0. The number of benzene rings is 1. The van der Waals surface area contributed by atoms with Crippen LogP contribution < -0.4 is 0 Å². The molecule has 0 heterocycles. The molecule has 1 aromatic carbocycles. The smallest absolute Gasteiger partial charge is 0.0465 e. The van der Waals surface area contributed by atoms with Crippen LogP contribution in [0.15, 0.2) is 24.3 Å². The highest BCUT2D eigenvalue weighted by Crippen LogP contribution is 2.12. The Kier molecular flexibility index (Phi) is 3.71. The van der Waals surface area contributed by atoms with Crippen molar-refractivity contribution in [3.63, 3.8) is 0 Å². The van der Waals surface area contributed by atoms with Crippen molar-refractivity contribution in [3.8, 4) is 0 Å². The lowest BCUT2D eigenvalue weighted by atomic mass is 10.1. The summed E-state index contributed by atoms with van der Waals surface area (Å²) in [5.74, 6) is 0. The zero-order valence-electron chi connectivity index (χ0n) is 8.25. The van der Waals surface area contributed by atoms with Crippen LogP contribution >= 0.6 is 0 Å². The largest absolute Gasteiger partial charge is 0.396 e. The zero-order valence-corrected chi connectivity index (χ0v) is 8.25. The molecule has 13 heavy (non-hydrogen) atoms. The molecule has 1 N–H and O–H groups in total. The van der Waals surface area contributed by atoms with E-state index in [1.807, 2.05) is 6.08 Å². The maximum Gasteiger partial charge on any atom is 0.0465 e. The molecule has 1 aromatic rings. The Balaban J connectivity index is 2.81. The van der Waals surface area contributed by atoms with E-state index in [-0.39, 0.29) is 6.61 Å². The lowest BCUT2D eigenvalue weighted by Crippen LogP contribution is -1.82. The van der Waals surface area contributed by atoms with Crippen LogP contribution in [-0.2, 0) is 0 Å². The van der Waals surface area contributed by atoms with E-state index in [9.17, 15) is 0 Å². The van der Waals surface area contributed by atoms with Gasteiger partial charge in [-0.1, -0.05) is 35.9 Å². The van der Waals surface area contributed by atoms with Crippen LogP contribution in [0.2, 0.25) is 0 Å². The second-order valence-corrected chi connectivity index (χ2v) is 3.27. The third kappa shape index (κ3) is 3.03. The van der Waals surface area contributed by atoms with E-state index in [0.717, 1.165) is 6.42 Å². The summed E-state index contributed by atoms with van der Waals surface area (Å²) in [5.41, 5.74) is 3.79. The predicted octanol–water partition coefficient (Wildman–Crippen LogP) is 2.70. The van der Waals surface area contributed by atoms with Gasteiger partial charge < -0.3 is 5.11 Å². The van der Waals surface area contributed by atoms with Gasteiger partial charge in [-0.05, 0) is 31.4 Å². The van der Waals surface area contributed by atoms with Crippen LogP contribution in [0.4, 0.5) is 0 Å². The van der Waals surface area contributed by atoms with E-state index < -0.39 is 0 Å². The Hall–Kier alpha value is -1.08. The van der Waals surface area contributed by atoms with E-state index in [0.29, 0.717) is 0 Å². The quantitative estimate of drug-likeness (QED) is 0.750. The van der Waals surface area contributed by atoms with Crippen molar-refractivity contribution in [1.82, 2.24) is 0 Å². The van der Waals surface area contributed by atoms with E-state index in [4.69, 9.17) is 5.11 Å². The molecule has 0 saturated heterocycles. The average Bonchev–Trinajstić information content (AvgIpc) is 2.11. The lowest BCUT2D eigenvalue weighted by Gasteiger charge is -2.01. The molecule has 0 aliphatic heterocycles.